The molecule has 1 aromatic heterocycles. The predicted octanol–water partition coefficient (Wildman–Crippen LogP) is 4.42. The van der Waals surface area contributed by atoms with Crippen molar-refractivity contribution < 1.29 is 23.4 Å². The van der Waals surface area contributed by atoms with Gasteiger partial charge in [-0.25, -0.2) is 0 Å². The number of aliphatic hydroxyl groups excluding tert-OH is 1. The quantitative estimate of drug-likeness (QED) is 0.532. The number of amides is 1. The molecule has 1 amide bonds. The van der Waals surface area contributed by atoms with Gasteiger partial charge >= 0.3 is 0 Å². The van der Waals surface area contributed by atoms with E-state index in [1.54, 1.807) is 24.9 Å². The first-order chi connectivity index (χ1) is 16.0. The number of fused-ring (bicyclic) bond motifs is 2. The van der Waals surface area contributed by atoms with Crippen molar-refractivity contribution in [2.24, 2.45) is 0 Å². The van der Waals surface area contributed by atoms with Gasteiger partial charge in [0.2, 0.25) is 0 Å². The summed E-state index contributed by atoms with van der Waals surface area (Å²) in [7, 11) is 1.72. The number of benzene rings is 2. The van der Waals surface area contributed by atoms with Crippen LogP contribution in [-0.4, -0.2) is 41.5 Å². The first-order valence-corrected chi connectivity index (χ1v) is 11.1. The minimum atomic E-state index is -3.32. The lowest BCUT2D eigenvalue weighted by molar-refractivity contribution is -0.140. The van der Waals surface area contributed by atoms with Crippen molar-refractivity contribution in [1.82, 2.24) is 10.2 Å². The molecule has 3 aromatic rings. The van der Waals surface area contributed by atoms with Gasteiger partial charge in [-0.3, -0.25) is 4.79 Å². The van der Waals surface area contributed by atoms with Crippen LogP contribution in [0.1, 0.15) is 49.2 Å². The average molecular weight is 471 g/mol. The first-order valence-electron chi connectivity index (χ1n) is 11.1. The zero-order valence-corrected chi connectivity index (χ0v) is 19.8. The Kier molecular flexibility index (Phi) is 6.03. The zero-order chi connectivity index (χ0) is 24.8. The van der Waals surface area contributed by atoms with Gasteiger partial charge in [-0.1, -0.05) is 18.2 Å². The topological polar surface area (TPSA) is 87.6 Å². The molecule has 1 aliphatic rings. The molecule has 0 aliphatic carbocycles. The van der Waals surface area contributed by atoms with Crippen LogP contribution in [0.25, 0.3) is 10.8 Å². The monoisotopic (exact) mass is 470 g/mol. The third-order valence-corrected chi connectivity index (χ3v) is 6.46. The maximum absolute atomic E-state index is 14.0. The van der Waals surface area contributed by atoms with E-state index in [9.17, 15) is 13.6 Å². The highest BCUT2D eigenvalue weighted by atomic mass is 19.3. The lowest BCUT2D eigenvalue weighted by Crippen LogP contribution is -2.38. The van der Waals surface area contributed by atoms with Crippen molar-refractivity contribution in [3.8, 4) is 0 Å². The summed E-state index contributed by atoms with van der Waals surface area (Å²) in [6, 6.07) is 9.35. The van der Waals surface area contributed by atoms with Gasteiger partial charge in [-0.05, 0) is 51.5 Å². The largest absolute Gasteiger partial charge is 0.390 e. The van der Waals surface area contributed by atoms with Crippen LogP contribution >= 0.6 is 0 Å². The Balaban J connectivity index is 1.78. The van der Waals surface area contributed by atoms with Crippen molar-refractivity contribution >= 4 is 28.2 Å². The number of rotatable bonds is 7. The van der Waals surface area contributed by atoms with Crippen LogP contribution in [0, 0.1) is 6.92 Å². The summed E-state index contributed by atoms with van der Waals surface area (Å²) in [4.78, 5) is 14.6. The fraction of sp³-hybridized carbons (Fsp3) is 0.400. The fourth-order valence-corrected chi connectivity index (χ4v) is 4.47. The third kappa shape index (κ3) is 3.78. The number of carbonyl (C=O) groups excluding carboxylic acids is 1. The van der Waals surface area contributed by atoms with Crippen LogP contribution in [0.2, 0.25) is 0 Å². The van der Waals surface area contributed by atoms with Crippen LogP contribution in [0.15, 0.2) is 36.4 Å². The SMILES string of the molecule is CCOC1(C)C(=O)N(C)c2cc3c(C)nnc(N[C@H](C)c4cccc(C(F)(F)CO)c4)c3cc21. The second kappa shape index (κ2) is 8.56. The number of nitrogens with zero attached hydrogens (tertiary/aromatic N) is 3. The van der Waals surface area contributed by atoms with Crippen LogP contribution < -0.4 is 10.2 Å². The van der Waals surface area contributed by atoms with E-state index >= 15 is 0 Å². The van der Waals surface area contributed by atoms with Crippen molar-refractivity contribution in [3.63, 3.8) is 0 Å². The summed E-state index contributed by atoms with van der Waals surface area (Å²) in [6.07, 6.45) is 0. The number of aliphatic hydroxyl groups is 1. The molecule has 7 nitrogen and oxygen atoms in total. The summed E-state index contributed by atoms with van der Waals surface area (Å²) >= 11 is 0. The van der Waals surface area contributed by atoms with Gasteiger partial charge in [0.15, 0.2) is 11.4 Å². The highest BCUT2D eigenvalue weighted by molar-refractivity contribution is 6.10. The summed E-state index contributed by atoms with van der Waals surface area (Å²) in [5, 5.41) is 22.5. The molecule has 180 valence electrons. The van der Waals surface area contributed by atoms with Gasteiger partial charge in [-0.15, -0.1) is 5.10 Å². The Morgan fingerprint density at radius 1 is 1.24 bits per heavy atom. The maximum Gasteiger partial charge on any atom is 0.295 e. The lowest BCUT2D eigenvalue weighted by Gasteiger charge is -2.23. The van der Waals surface area contributed by atoms with Gasteiger partial charge in [-0.2, -0.15) is 13.9 Å². The molecule has 0 spiro atoms. The van der Waals surface area contributed by atoms with E-state index in [-0.39, 0.29) is 17.5 Å². The Bertz CT molecular complexity index is 1270. The molecular weight excluding hydrogens is 442 g/mol. The van der Waals surface area contributed by atoms with E-state index < -0.39 is 18.1 Å². The molecular formula is C25H28F2N4O3. The summed E-state index contributed by atoms with van der Waals surface area (Å²) in [5.41, 5.74) is 1.43. The van der Waals surface area contributed by atoms with Crippen molar-refractivity contribution in [1.29, 1.82) is 0 Å². The van der Waals surface area contributed by atoms with Gasteiger partial charge in [0, 0.05) is 35.6 Å². The molecule has 34 heavy (non-hydrogen) atoms. The number of aromatic nitrogens is 2. The Morgan fingerprint density at radius 2 is 1.97 bits per heavy atom. The van der Waals surface area contributed by atoms with Crippen LogP contribution in [0.3, 0.4) is 0 Å². The number of hydrogen-bond donors (Lipinski definition) is 2. The molecule has 0 bridgehead atoms. The van der Waals surface area contributed by atoms with E-state index in [0.717, 1.165) is 22.0 Å². The molecule has 1 unspecified atom stereocenters. The van der Waals surface area contributed by atoms with Gasteiger partial charge < -0.3 is 20.1 Å². The van der Waals surface area contributed by atoms with Gasteiger partial charge in [0.05, 0.1) is 17.4 Å². The number of alkyl halides is 2. The molecule has 2 aromatic carbocycles. The Morgan fingerprint density at radius 3 is 2.65 bits per heavy atom. The summed E-state index contributed by atoms with van der Waals surface area (Å²) in [6.45, 7) is 6.39. The molecule has 0 saturated carbocycles. The second-order valence-corrected chi connectivity index (χ2v) is 8.73. The first kappa shape index (κ1) is 24.0. The number of halogens is 2. The van der Waals surface area contributed by atoms with Crippen LogP contribution in [0.5, 0.6) is 0 Å². The molecule has 0 fully saturated rings. The molecule has 9 heteroatoms. The fourth-order valence-electron chi connectivity index (χ4n) is 4.47. The average Bonchev–Trinajstić information content (AvgIpc) is 3.01. The summed E-state index contributed by atoms with van der Waals surface area (Å²) in [5.74, 6) is -3.01. The van der Waals surface area contributed by atoms with Crippen molar-refractivity contribution in [2.75, 3.05) is 30.5 Å². The minimum Gasteiger partial charge on any atom is -0.390 e. The number of anilines is 2. The van der Waals surface area contributed by atoms with Gasteiger partial charge in [0.25, 0.3) is 11.8 Å². The number of likely N-dealkylation sites (N-methyl/N-ethyl adjacent to an activating group) is 1. The number of ether oxygens (including phenoxy) is 1. The number of aryl methyl sites for hydroxylation is 1. The molecule has 4 rings (SSSR count). The number of hydrogen-bond acceptors (Lipinski definition) is 6. The van der Waals surface area contributed by atoms with Crippen molar-refractivity contribution in [2.45, 2.75) is 45.3 Å². The highest BCUT2D eigenvalue weighted by Gasteiger charge is 2.47. The maximum atomic E-state index is 14.0. The molecule has 0 radical (unpaired) electrons. The van der Waals surface area contributed by atoms with E-state index in [0.29, 0.717) is 23.7 Å². The van der Waals surface area contributed by atoms with Gasteiger partial charge in [0.1, 0.15) is 6.61 Å². The van der Waals surface area contributed by atoms with Crippen molar-refractivity contribution in [3.05, 3.63) is 58.8 Å². The third-order valence-electron chi connectivity index (χ3n) is 6.46. The Labute approximate surface area is 196 Å². The summed E-state index contributed by atoms with van der Waals surface area (Å²) < 4.78 is 33.9. The van der Waals surface area contributed by atoms with E-state index in [4.69, 9.17) is 9.84 Å². The Hall–Kier alpha value is -3.17. The molecule has 2 atom stereocenters. The van der Waals surface area contributed by atoms with Crippen LogP contribution in [-0.2, 0) is 21.1 Å². The standard InChI is InChI=1S/C25H28F2N4O3/c1-6-34-24(4)20-11-19-18(12-21(20)31(5)23(24)33)15(3)29-30-22(19)28-14(2)16-8-7-9-17(10-16)25(26,27)13-32/h7-12,14,32H,6,13H2,1-5H3,(H,28,30)/t14-,24?/m1/s1. The lowest BCUT2D eigenvalue weighted by atomic mass is 9.94. The molecule has 1 aliphatic heterocycles. The highest BCUT2D eigenvalue weighted by Crippen LogP contribution is 2.45. The predicted molar refractivity (Wildman–Crippen MR) is 126 cm³/mol. The van der Waals surface area contributed by atoms with E-state index in [1.165, 1.54) is 18.2 Å². The smallest absolute Gasteiger partial charge is 0.295 e. The zero-order valence-electron chi connectivity index (χ0n) is 19.8. The minimum absolute atomic E-state index is 0.150. The molecule has 0 saturated heterocycles. The molecule has 2 heterocycles. The second-order valence-electron chi connectivity index (χ2n) is 8.73. The van der Waals surface area contributed by atoms with E-state index in [2.05, 4.69) is 15.5 Å². The number of nitrogens with one attached hydrogen (secondary N) is 1. The van der Waals surface area contributed by atoms with E-state index in [1.807, 2.05) is 32.9 Å². The molecule has 2 N–H and O–H groups in total. The normalized spacial score (nSPS) is 18.9. The van der Waals surface area contributed by atoms with Crippen LogP contribution in [0.4, 0.5) is 20.3 Å². The number of carbonyl (C=O) groups is 1.